The first-order valence-electron chi connectivity index (χ1n) is 17.2. The van der Waals surface area contributed by atoms with E-state index in [4.69, 9.17) is 4.98 Å². The van der Waals surface area contributed by atoms with Gasteiger partial charge in [0.1, 0.15) is 17.0 Å². The van der Waals surface area contributed by atoms with Gasteiger partial charge in [0.2, 0.25) is 0 Å². The third kappa shape index (κ3) is 9.02. The lowest BCUT2D eigenvalue weighted by Gasteiger charge is -2.24. The second kappa shape index (κ2) is 16.5. The Labute approximate surface area is 290 Å². The Bertz CT molecular complexity index is 1900. The van der Waals surface area contributed by atoms with Crippen LogP contribution in [0.3, 0.4) is 0 Å². The van der Waals surface area contributed by atoms with E-state index in [0.29, 0.717) is 11.6 Å². The zero-order chi connectivity index (χ0) is 34.9. The average Bonchev–Trinajstić information content (AvgIpc) is 3.68. The molecule has 0 spiro atoms. The number of H-pyrrole nitrogens is 2. The predicted molar refractivity (Wildman–Crippen MR) is 203 cm³/mol. The summed E-state index contributed by atoms with van der Waals surface area (Å²) in [6.07, 6.45) is 14.7. The molecule has 0 saturated carbocycles. The monoisotopic (exact) mass is 659 g/mol. The Hall–Kier alpha value is -4.79. The van der Waals surface area contributed by atoms with Crippen LogP contribution in [-0.2, 0) is 6.42 Å². The Morgan fingerprint density at radius 2 is 1.92 bits per heavy atom. The summed E-state index contributed by atoms with van der Waals surface area (Å²) in [5, 5.41) is 14.7. The highest BCUT2D eigenvalue weighted by atomic mass is 19.1. The van der Waals surface area contributed by atoms with Crippen LogP contribution in [0.1, 0.15) is 60.7 Å². The molecule has 7 nitrogen and oxygen atoms in total. The van der Waals surface area contributed by atoms with Crippen LogP contribution >= 0.6 is 0 Å². The van der Waals surface area contributed by atoms with Crippen molar-refractivity contribution < 1.29 is 4.39 Å². The number of aryl methyl sites for hydroxylation is 2. The largest absolute Gasteiger partial charge is 0.359 e. The van der Waals surface area contributed by atoms with Gasteiger partial charge in [-0.2, -0.15) is 5.10 Å². The van der Waals surface area contributed by atoms with Crippen molar-refractivity contribution in [3.8, 4) is 11.4 Å². The van der Waals surface area contributed by atoms with Gasteiger partial charge in [-0.3, -0.25) is 5.10 Å². The normalized spacial score (nSPS) is 14.9. The number of piperidine rings is 1. The van der Waals surface area contributed by atoms with Crippen molar-refractivity contribution in [2.24, 2.45) is 5.92 Å². The summed E-state index contributed by atoms with van der Waals surface area (Å²) in [6.45, 7) is 19.4. The van der Waals surface area contributed by atoms with Crippen LogP contribution in [0.2, 0.25) is 0 Å². The van der Waals surface area contributed by atoms with Crippen molar-refractivity contribution in [1.29, 1.82) is 0 Å². The maximum Gasteiger partial charge on any atom is 0.135 e. The third-order valence-electron chi connectivity index (χ3n) is 9.04. The zero-order valence-corrected chi connectivity index (χ0v) is 29.4. The average molecular weight is 660 g/mol. The number of benzene rings is 1. The lowest BCUT2D eigenvalue weighted by atomic mass is 9.93. The number of nitrogens with zero attached hydrogens (tertiary/aromatic N) is 3. The van der Waals surface area contributed by atoms with E-state index in [1.807, 2.05) is 44.2 Å². The number of nitrogens with one attached hydrogen (secondary N) is 4. The van der Waals surface area contributed by atoms with E-state index in [1.165, 1.54) is 12.8 Å². The molecule has 0 amide bonds. The van der Waals surface area contributed by atoms with Gasteiger partial charge >= 0.3 is 0 Å². The van der Waals surface area contributed by atoms with Crippen LogP contribution in [0.25, 0.3) is 33.6 Å². The molecule has 1 fully saturated rings. The van der Waals surface area contributed by atoms with Crippen LogP contribution < -0.4 is 10.6 Å². The van der Waals surface area contributed by atoms with Gasteiger partial charge in [0.25, 0.3) is 0 Å². The Balaban J connectivity index is 1.42. The smallest absolute Gasteiger partial charge is 0.135 e. The van der Waals surface area contributed by atoms with Gasteiger partial charge in [0.05, 0.1) is 16.9 Å². The highest BCUT2D eigenvalue weighted by Gasteiger charge is 2.19. The summed E-state index contributed by atoms with van der Waals surface area (Å²) in [6, 6.07) is 11.4. The summed E-state index contributed by atoms with van der Waals surface area (Å²) < 4.78 is 14.9. The molecule has 4 aromatic rings. The maximum atomic E-state index is 14.9. The quantitative estimate of drug-likeness (QED) is 0.0963. The maximum absolute atomic E-state index is 14.9. The van der Waals surface area contributed by atoms with E-state index in [-0.39, 0.29) is 5.82 Å². The molecule has 5 rings (SSSR count). The van der Waals surface area contributed by atoms with Crippen molar-refractivity contribution in [3.05, 3.63) is 132 Å². The molecule has 4 heterocycles. The van der Waals surface area contributed by atoms with Crippen molar-refractivity contribution in [2.45, 2.75) is 46.0 Å². The van der Waals surface area contributed by atoms with Gasteiger partial charge in [-0.05, 0) is 150 Å². The lowest BCUT2D eigenvalue weighted by molar-refractivity contribution is 0.368. The number of hydrogen-bond acceptors (Lipinski definition) is 5. The van der Waals surface area contributed by atoms with E-state index >= 15 is 0 Å². The minimum atomic E-state index is -0.245. The van der Waals surface area contributed by atoms with Crippen LogP contribution in [0.5, 0.6) is 0 Å². The topological polar surface area (TPSA) is 84.7 Å². The van der Waals surface area contributed by atoms with Crippen LogP contribution in [-0.4, -0.2) is 58.8 Å². The second-order valence-electron chi connectivity index (χ2n) is 13.1. The van der Waals surface area contributed by atoms with E-state index in [1.54, 1.807) is 18.2 Å². The van der Waals surface area contributed by atoms with Gasteiger partial charge in [0, 0.05) is 22.7 Å². The highest BCUT2D eigenvalue weighted by molar-refractivity contribution is 5.92. The van der Waals surface area contributed by atoms with Crippen LogP contribution in [0.15, 0.2) is 97.9 Å². The van der Waals surface area contributed by atoms with Crippen LogP contribution in [0.4, 0.5) is 4.39 Å². The van der Waals surface area contributed by atoms with Gasteiger partial charge < -0.3 is 20.5 Å². The molecule has 256 valence electrons. The predicted octanol–water partition coefficient (Wildman–Crippen LogP) is 8.48. The van der Waals surface area contributed by atoms with E-state index in [0.717, 1.165) is 106 Å². The molecule has 1 aliphatic heterocycles. The molecular formula is C41H50FN7. The van der Waals surface area contributed by atoms with Crippen LogP contribution in [0, 0.1) is 18.7 Å². The first-order chi connectivity index (χ1) is 23.7. The van der Waals surface area contributed by atoms with Gasteiger partial charge in [-0.1, -0.05) is 44.0 Å². The molecule has 1 aromatic carbocycles. The minimum Gasteiger partial charge on any atom is -0.359 e. The third-order valence-corrected chi connectivity index (χ3v) is 9.04. The van der Waals surface area contributed by atoms with Gasteiger partial charge in [-0.25, -0.2) is 9.37 Å². The molecule has 0 aliphatic carbocycles. The van der Waals surface area contributed by atoms with Crippen molar-refractivity contribution >= 4 is 22.2 Å². The highest BCUT2D eigenvalue weighted by Crippen LogP contribution is 2.34. The number of allylic oxidation sites excluding steroid dienone is 7. The number of rotatable bonds is 15. The summed E-state index contributed by atoms with van der Waals surface area (Å²) in [7, 11) is 4.10. The molecule has 49 heavy (non-hydrogen) atoms. The first-order valence-corrected chi connectivity index (χ1v) is 17.2. The summed E-state index contributed by atoms with van der Waals surface area (Å²) >= 11 is 0. The Kier molecular flexibility index (Phi) is 12.0. The Morgan fingerprint density at radius 1 is 1.12 bits per heavy atom. The molecule has 4 N–H and O–H groups in total. The minimum absolute atomic E-state index is 0.245. The number of aromatic amines is 2. The fraction of sp³-hybridized carbons (Fsp3) is 0.317. The number of pyridine rings is 1. The number of hydrogen-bond donors (Lipinski definition) is 4. The number of halogens is 1. The summed E-state index contributed by atoms with van der Waals surface area (Å²) in [5.41, 5.74) is 11.4. The molecule has 0 atom stereocenters. The lowest BCUT2D eigenvalue weighted by Crippen LogP contribution is -2.28. The zero-order valence-electron chi connectivity index (χ0n) is 29.4. The van der Waals surface area contributed by atoms with Crippen molar-refractivity contribution in [1.82, 2.24) is 35.7 Å². The van der Waals surface area contributed by atoms with Gasteiger partial charge in [-0.15, -0.1) is 0 Å². The van der Waals surface area contributed by atoms with E-state index in [2.05, 4.69) is 82.8 Å². The van der Waals surface area contributed by atoms with E-state index < -0.39 is 0 Å². The van der Waals surface area contributed by atoms with Crippen molar-refractivity contribution in [2.75, 3.05) is 33.7 Å². The molecule has 3 aromatic heterocycles. The molecule has 1 aliphatic rings. The number of fused-ring (bicyclic) bond motifs is 1. The summed E-state index contributed by atoms with van der Waals surface area (Å²) in [5.74, 6) is 0.396. The molecule has 1 saturated heterocycles. The fourth-order valence-electron chi connectivity index (χ4n) is 6.53. The molecule has 8 heteroatoms. The standard InChI is InChI=1S/C41H50FN7/c1-8-12-35(32-22-30(23-33(42)24-32)13-11-20-49(6)7)36-26-39(45-28(36)5)41-40-38(47-48-41)15-14-37(46-40)31(9-2)25-34(10-3)44-27(4)21-29-16-18-43-19-17-29/h8-10,12,14-15,22-26,29,43-45H,1,3-4,11,13,16-21H2,2,5-7H3,(H,47,48)/b31-9+,34-25+,35-12-. The Morgan fingerprint density at radius 3 is 2.63 bits per heavy atom. The second-order valence-corrected chi connectivity index (χ2v) is 13.1. The summed E-state index contributed by atoms with van der Waals surface area (Å²) in [4.78, 5) is 10.8. The van der Waals surface area contributed by atoms with Crippen molar-refractivity contribution in [3.63, 3.8) is 0 Å². The SMILES string of the molecule is C=C/C=C(/c1cc(F)cc(CCCN(C)C)c1)c1cc(-c2n[nH]c3ccc(C(/C=C(\C=C)NC(=C)CC4CCNCC4)=C/C)nc23)[nH]c1C. The molecule has 0 unspecified atom stereocenters. The molecule has 0 radical (unpaired) electrons. The van der Waals surface area contributed by atoms with E-state index in [9.17, 15) is 4.39 Å². The number of aromatic nitrogens is 4. The first kappa shape index (κ1) is 35.5. The molecular weight excluding hydrogens is 609 g/mol. The van der Waals surface area contributed by atoms with Gasteiger partial charge in [0.15, 0.2) is 0 Å². The fourth-order valence-corrected chi connectivity index (χ4v) is 6.53. The molecule has 0 bridgehead atoms.